The number of aromatic nitrogens is 8. The Balaban J connectivity index is 0.000000280. The van der Waals surface area contributed by atoms with Gasteiger partial charge in [0.1, 0.15) is 36.0 Å². The van der Waals surface area contributed by atoms with E-state index < -0.39 is 41.3 Å². The fourth-order valence-corrected chi connectivity index (χ4v) is 6.44. The maximum atomic E-state index is 14.5. The molecule has 15 nitrogen and oxygen atoms in total. The smallest absolute Gasteiger partial charge is 0.394 e. The third kappa shape index (κ3) is 13.1. The first kappa shape index (κ1) is 50.9. The molecule has 348 valence electrons. The molecule has 0 aliphatic rings. The predicted octanol–water partition coefficient (Wildman–Crippen LogP) is 8.85. The number of ether oxygens (including phenoxy) is 3. The minimum absolute atomic E-state index is 0. The topological polar surface area (TPSA) is 156 Å². The lowest BCUT2D eigenvalue weighted by molar-refractivity contribution is -0.159. The first-order valence-electron chi connectivity index (χ1n) is 19.6. The van der Waals surface area contributed by atoms with E-state index in [0.29, 0.717) is 36.7 Å². The predicted molar refractivity (Wildman–Crippen MR) is 227 cm³/mol. The van der Waals surface area contributed by atoms with E-state index in [1.165, 1.54) is 64.8 Å². The van der Waals surface area contributed by atoms with Crippen molar-refractivity contribution < 1.29 is 50.1 Å². The Kier molecular flexibility index (Phi) is 17.4. The summed E-state index contributed by atoms with van der Waals surface area (Å²) in [5.41, 5.74) is -0.336. The lowest BCUT2D eigenvalue weighted by Gasteiger charge is -2.28. The van der Waals surface area contributed by atoms with Gasteiger partial charge in [-0.15, -0.1) is 9.59 Å². The number of carbonyl (C=O) groups is 2. The molecule has 0 saturated heterocycles. The molecule has 0 bridgehead atoms. The maximum Gasteiger partial charge on any atom is 0.394 e. The average Bonchev–Trinajstić information content (AvgIpc) is 3.99. The van der Waals surface area contributed by atoms with E-state index in [1.807, 2.05) is 13.8 Å². The van der Waals surface area contributed by atoms with E-state index >= 15 is 0 Å². The third-order valence-electron chi connectivity index (χ3n) is 9.13. The second-order valence-corrected chi connectivity index (χ2v) is 14.4. The van der Waals surface area contributed by atoms with Crippen molar-refractivity contribution in [2.45, 2.75) is 73.1 Å². The summed E-state index contributed by atoms with van der Waals surface area (Å²) in [6, 6.07) is 12.9. The molecule has 22 heteroatoms. The molecule has 2 atom stereocenters. The van der Waals surface area contributed by atoms with Gasteiger partial charge in [-0.2, -0.15) is 38.0 Å². The molecule has 0 spiro atoms. The fraction of sp³-hybridized carbons (Fsp3) is 0.349. The molecule has 0 unspecified atom stereocenters. The summed E-state index contributed by atoms with van der Waals surface area (Å²) in [7, 11) is 0. The van der Waals surface area contributed by atoms with Gasteiger partial charge in [-0.25, -0.2) is 18.7 Å². The van der Waals surface area contributed by atoms with Gasteiger partial charge in [0.2, 0.25) is 11.8 Å². The molecule has 0 aliphatic heterocycles. The molecule has 0 aliphatic carbocycles. The van der Waals surface area contributed by atoms with E-state index in [-0.39, 0.29) is 67.9 Å². The molecular weight excluding hydrogens is 886 g/mol. The quantitative estimate of drug-likeness (QED) is 0.0806. The SMILES string of the molecule is C.CCN(C(=O)c1cccc(Cl)c1-n1nccn1)[C@@H](C)COc1ccc(OC(C)(F)F)cn1.CCN(C(=O)c1cccc(F)c1-n1nccn1)[C@@H](C)COc1ccc(F)c(C(C)(F)F)n1. The van der Waals surface area contributed by atoms with Crippen LogP contribution in [0.25, 0.3) is 11.4 Å². The third-order valence-corrected chi connectivity index (χ3v) is 9.43. The van der Waals surface area contributed by atoms with E-state index in [0.717, 1.165) is 23.1 Å². The van der Waals surface area contributed by atoms with E-state index in [2.05, 4.69) is 35.1 Å². The molecule has 6 rings (SSSR count). The highest BCUT2D eigenvalue weighted by atomic mass is 35.5. The van der Waals surface area contributed by atoms with Crippen LogP contribution in [0.1, 0.15) is 75.4 Å². The van der Waals surface area contributed by atoms with Gasteiger partial charge in [0.15, 0.2) is 11.6 Å². The Hall–Kier alpha value is -6.77. The molecule has 0 saturated carbocycles. The van der Waals surface area contributed by atoms with Gasteiger partial charge in [-0.05, 0) is 64.1 Å². The number of carbonyl (C=O) groups excluding carboxylic acids is 2. The van der Waals surface area contributed by atoms with Gasteiger partial charge in [0, 0.05) is 39.1 Å². The van der Waals surface area contributed by atoms with Crippen molar-refractivity contribution in [1.29, 1.82) is 0 Å². The summed E-state index contributed by atoms with van der Waals surface area (Å²) in [4.78, 5) is 39.4. The zero-order valence-corrected chi connectivity index (χ0v) is 36.1. The first-order valence-corrected chi connectivity index (χ1v) is 20.0. The number of pyridine rings is 2. The Bertz CT molecular complexity index is 2470. The Morgan fingerprint density at radius 3 is 1.69 bits per heavy atom. The van der Waals surface area contributed by atoms with Gasteiger partial charge >= 0.3 is 6.11 Å². The van der Waals surface area contributed by atoms with Crippen molar-refractivity contribution in [2.75, 3.05) is 26.3 Å². The molecule has 0 N–H and O–H groups in total. The lowest BCUT2D eigenvalue weighted by atomic mass is 10.1. The van der Waals surface area contributed by atoms with Crippen LogP contribution in [0.2, 0.25) is 5.02 Å². The van der Waals surface area contributed by atoms with Crippen LogP contribution in [0.15, 0.2) is 91.6 Å². The number of nitrogens with zero attached hydrogens (tertiary/aromatic N) is 10. The number of likely N-dealkylation sites (N-methyl/N-ethyl adjacent to an activating group) is 2. The number of para-hydroxylation sites is 2. The van der Waals surface area contributed by atoms with Crippen LogP contribution in [-0.4, -0.2) is 106 Å². The Morgan fingerprint density at radius 1 is 0.708 bits per heavy atom. The van der Waals surface area contributed by atoms with Crippen LogP contribution < -0.4 is 14.2 Å². The number of hydrogen-bond acceptors (Lipinski definition) is 11. The van der Waals surface area contributed by atoms with Crippen molar-refractivity contribution >= 4 is 23.4 Å². The van der Waals surface area contributed by atoms with Crippen molar-refractivity contribution in [2.24, 2.45) is 0 Å². The number of rotatable bonds is 17. The number of hydrogen-bond donors (Lipinski definition) is 0. The Morgan fingerprint density at radius 2 is 1.20 bits per heavy atom. The molecule has 2 amide bonds. The van der Waals surface area contributed by atoms with E-state index in [4.69, 9.17) is 21.1 Å². The van der Waals surface area contributed by atoms with Gasteiger partial charge in [-0.1, -0.05) is 31.2 Å². The molecule has 65 heavy (non-hydrogen) atoms. The van der Waals surface area contributed by atoms with Crippen molar-refractivity contribution in [3.05, 3.63) is 125 Å². The van der Waals surface area contributed by atoms with Crippen molar-refractivity contribution in [3.63, 3.8) is 0 Å². The molecule has 2 aromatic carbocycles. The van der Waals surface area contributed by atoms with Crippen LogP contribution in [0.5, 0.6) is 17.5 Å². The average molecular weight is 933 g/mol. The van der Waals surface area contributed by atoms with Gasteiger partial charge in [0.25, 0.3) is 17.7 Å². The van der Waals surface area contributed by atoms with Crippen LogP contribution in [0.3, 0.4) is 0 Å². The van der Waals surface area contributed by atoms with E-state index in [9.17, 15) is 35.9 Å². The highest BCUT2D eigenvalue weighted by Gasteiger charge is 2.32. The summed E-state index contributed by atoms with van der Waals surface area (Å²) < 4.78 is 96.5. The second-order valence-electron chi connectivity index (χ2n) is 14.0. The number of alkyl halides is 4. The van der Waals surface area contributed by atoms with Gasteiger partial charge in [-0.3, -0.25) is 9.59 Å². The monoisotopic (exact) mass is 932 g/mol. The Labute approximate surface area is 375 Å². The zero-order chi connectivity index (χ0) is 46.8. The second kappa shape index (κ2) is 22.2. The molecule has 0 radical (unpaired) electrons. The van der Waals surface area contributed by atoms with Crippen LogP contribution >= 0.6 is 11.6 Å². The summed E-state index contributed by atoms with van der Waals surface area (Å²) >= 11 is 6.32. The fourth-order valence-electron chi connectivity index (χ4n) is 6.19. The van der Waals surface area contributed by atoms with Crippen LogP contribution in [0.4, 0.5) is 26.3 Å². The van der Waals surface area contributed by atoms with Crippen molar-refractivity contribution in [1.82, 2.24) is 49.8 Å². The number of halogens is 7. The highest BCUT2D eigenvalue weighted by Crippen LogP contribution is 2.30. The zero-order valence-electron chi connectivity index (χ0n) is 35.3. The van der Waals surface area contributed by atoms with Gasteiger partial charge in [0.05, 0.1) is 59.2 Å². The lowest BCUT2D eigenvalue weighted by Crippen LogP contribution is -2.42. The normalized spacial score (nSPS) is 12.2. The highest BCUT2D eigenvalue weighted by molar-refractivity contribution is 6.33. The van der Waals surface area contributed by atoms with Crippen LogP contribution in [-0.2, 0) is 5.92 Å². The summed E-state index contributed by atoms with van der Waals surface area (Å²) in [5.74, 6) is -6.12. The molecule has 4 heterocycles. The molecule has 0 fully saturated rings. The largest absolute Gasteiger partial charge is 0.475 e. The van der Waals surface area contributed by atoms with Gasteiger partial charge < -0.3 is 24.0 Å². The minimum Gasteiger partial charge on any atom is -0.475 e. The number of benzene rings is 2. The summed E-state index contributed by atoms with van der Waals surface area (Å²) in [6.45, 7) is 8.93. The van der Waals surface area contributed by atoms with E-state index in [1.54, 1.807) is 36.9 Å². The van der Waals surface area contributed by atoms with Crippen LogP contribution in [0, 0.1) is 11.6 Å². The summed E-state index contributed by atoms with van der Waals surface area (Å²) in [5, 5.41) is 16.3. The molecule has 4 aromatic heterocycles. The first-order chi connectivity index (χ1) is 30.3. The standard InChI is InChI=1S/C21H22ClF2N5O3.C21H21F4N5O2.CH4/c1-4-28(14(2)13-31-18-9-8-15(12-25-18)32-21(3,23)24)20(30)16-6-5-7-17(22)19(16)29-26-10-11-27-29;1-4-29(13(2)12-32-17-9-8-16(23)19(28-17)21(3,24)25)20(31)14-6-5-7-15(22)18(14)30-26-10-11-27-30;/h5-12,14H,4,13H2,1-3H3;5-11,13H,4,12H2,1-3H3;1H4/t14-;13-;/m00./s1. The summed E-state index contributed by atoms with van der Waals surface area (Å²) in [6.07, 6.45) is 3.56. The van der Waals surface area contributed by atoms with Crippen molar-refractivity contribution in [3.8, 4) is 28.9 Å². The number of amides is 2. The molecular formula is C43H47ClF6N10O5. The molecule has 6 aromatic rings. The maximum absolute atomic E-state index is 14.5. The minimum atomic E-state index is -3.48.